The highest BCUT2D eigenvalue weighted by Gasteiger charge is 2.26. The number of sulfonamides is 1. The molecule has 0 spiro atoms. The molecule has 1 unspecified atom stereocenters. The number of anilines is 1. The van der Waals surface area contributed by atoms with E-state index in [9.17, 15) is 13.5 Å². The first-order chi connectivity index (χ1) is 9.19. The van der Waals surface area contributed by atoms with Crippen LogP contribution in [-0.4, -0.2) is 39.4 Å². The summed E-state index contributed by atoms with van der Waals surface area (Å²) in [5.41, 5.74) is 5.30. The van der Waals surface area contributed by atoms with Crippen LogP contribution in [0.3, 0.4) is 0 Å². The van der Waals surface area contributed by atoms with Gasteiger partial charge in [-0.2, -0.15) is 0 Å². The summed E-state index contributed by atoms with van der Waals surface area (Å²) in [6.45, 7) is 3.47. The quantitative estimate of drug-likeness (QED) is 0.642. The van der Waals surface area contributed by atoms with Gasteiger partial charge in [-0.05, 0) is 25.5 Å². The van der Waals surface area contributed by atoms with Gasteiger partial charge in [0.25, 0.3) is 0 Å². The van der Waals surface area contributed by atoms with Crippen molar-refractivity contribution in [2.75, 3.05) is 26.0 Å². The van der Waals surface area contributed by atoms with Gasteiger partial charge >= 0.3 is 0 Å². The van der Waals surface area contributed by atoms with Crippen LogP contribution in [0.2, 0.25) is 0 Å². The van der Waals surface area contributed by atoms with Crippen LogP contribution in [0.25, 0.3) is 0 Å². The van der Waals surface area contributed by atoms with Gasteiger partial charge in [0.15, 0.2) is 0 Å². The molecule has 0 amide bonds. The minimum atomic E-state index is -3.76. The summed E-state index contributed by atoms with van der Waals surface area (Å²) in [4.78, 5) is 0.0579. The molecule has 0 aromatic heterocycles. The zero-order chi connectivity index (χ0) is 15.4. The fourth-order valence-electron chi connectivity index (χ4n) is 1.78. The van der Waals surface area contributed by atoms with Crippen LogP contribution < -0.4 is 10.5 Å². The molecular formula is C13H22N2O4S. The normalized spacial score (nSPS) is 15.0. The second-order valence-corrected chi connectivity index (χ2v) is 6.76. The lowest BCUT2D eigenvalue weighted by atomic mass is 10.0. The molecule has 7 heteroatoms. The van der Waals surface area contributed by atoms with E-state index in [0.29, 0.717) is 18.6 Å². The van der Waals surface area contributed by atoms with Crippen molar-refractivity contribution in [2.24, 2.45) is 0 Å². The number of nitrogens with two attached hydrogens (primary N) is 1. The summed E-state index contributed by atoms with van der Waals surface area (Å²) in [6, 6.07) is 4.90. The summed E-state index contributed by atoms with van der Waals surface area (Å²) in [7, 11) is -2.23. The van der Waals surface area contributed by atoms with E-state index in [0.717, 1.165) is 0 Å². The smallest absolute Gasteiger partial charge is 0.242 e. The fourth-order valence-corrected chi connectivity index (χ4v) is 3.29. The van der Waals surface area contributed by atoms with Crippen molar-refractivity contribution >= 4 is 15.7 Å². The number of hydrogen-bond donors (Lipinski definition) is 3. The maximum atomic E-state index is 12.3. The zero-order valence-electron chi connectivity index (χ0n) is 12.0. The topological polar surface area (TPSA) is 102 Å². The van der Waals surface area contributed by atoms with E-state index in [4.69, 9.17) is 10.5 Å². The number of hydrogen-bond acceptors (Lipinski definition) is 5. The van der Waals surface area contributed by atoms with E-state index < -0.39 is 15.6 Å². The molecule has 1 aromatic carbocycles. The number of ether oxygens (including phenoxy) is 1. The molecular weight excluding hydrogens is 280 g/mol. The Balaban J connectivity index is 2.86. The van der Waals surface area contributed by atoms with Crippen LogP contribution in [0.15, 0.2) is 23.1 Å². The van der Waals surface area contributed by atoms with Gasteiger partial charge in [-0.25, -0.2) is 13.1 Å². The highest BCUT2D eigenvalue weighted by Crippen LogP contribution is 2.22. The predicted molar refractivity (Wildman–Crippen MR) is 77.9 cm³/mol. The lowest BCUT2D eigenvalue weighted by molar-refractivity contribution is 0.0292. The standard InChI is InChI=1S/C13H22N2O4S/c1-10-5-4-6-11(14)12(10)20(17,18)15-9-13(2,16)7-8-19-3/h4-6,15-16H,7-9,14H2,1-3H3. The monoisotopic (exact) mass is 302 g/mol. The van der Waals surface area contributed by atoms with Gasteiger partial charge in [0, 0.05) is 26.7 Å². The van der Waals surface area contributed by atoms with Crippen molar-refractivity contribution < 1.29 is 18.3 Å². The molecule has 0 radical (unpaired) electrons. The Morgan fingerprint density at radius 1 is 1.45 bits per heavy atom. The third-order valence-corrected chi connectivity index (χ3v) is 4.62. The molecule has 0 bridgehead atoms. The van der Waals surface area contributed by atoms with Crippen LogP contribution in [0.5, 0.6) is 0 Å². The first-order valence-electron chi connectivity index (χ1n) is 6.26. The summed E-state index contributed by atoms with van der Waals surface area (Å²) < 4.78 is 31.8. The largest absolute Gasteiger partial charge is 0.398 e. The molecule has 114 valence electrons. The number of aryl methyl sites for hydroxylation is 1. The Morgan fingerprint density at radius 2 is 2.10 bits per heavy atom. The number of nitrogen functional groups attached to an aromatic ring is 1. The van der Waals surface area contributed by atoms with Crippen molar-refractivity contribution in [3.05, 3.63) is 23.8 Å². The van der Waals surface area contributed by atoms with Crippen LogP contribution >= 0.6 is 0 Å². The van der Waals surface area contributed by atoms with Crippen molar-refractivity contribution in [1.82, 2.24) is 4.72 Å². The summed E-state index contributed by atoms with van der Waals surface area (Å²) in [5, 5.41) is 10.1. The first kappa shape index (κ1) is 16.9. The second-order valence-electron chi connectivity index (χ2n) is 5.06. The Labute approximate surface area is 120 Å². The van der Waals surface area contributed by atoms with Gasteiger partial charge in [0.1, 0.15) is 4.90 Å². The number of benzene rings is 1. The molecule has 0 aliphatic carbocycles. The van der Waals surface area contributed by atoms with Crippen molar-refractivity contribution in [3.63, 3.8) is 0 Å². The Kier molecular flexibility index (Phi) is 5.52. The summed E-state index contributed by atoms with van der Waals surface area (Å²) in [6.07, 6.45) is 0.329. The number of nitrogens with one attached hydrogen (secondary N) is 1. The van der Waals surface area contributed by atoms with Crippen LogP contribution in [0.1, 0.15) is 18.9 Å². The predicted octanol–water partition coefficient (Wildman–Crippen LogP) is 0.643. The van der Waals surface area contributed by atoms with Gasteiger partial charge < -0.3 is 15.6 Å². The second kappa shape index (κ2) is 6.53. The van der Waals surface area contributed by atoms with Crippen molar-refractivity contribution in [2.45, 2.75) is 30.8 Å². The molecule has 20 heavy (non-hydrogen) atoms. The molecule has 0 aliphatic heterocycles. The maximum absolute atomic E-state index is 12.3. The van der Waals surface area contributed by atoms with Gasteiger partial charge in [-0.3, -0.25) is 0 Å². The Morgan fingerprint density at radius 3 is 2.65 bits per heavy atom. The van der Waals surface area contributed by atoms with Crippen molar-refractivity contribution in [3.8, 4) is 0 Å². The van der Waals surface area contributed by atoms with Gasteiger partial charge in [-0.15, -0.1) is 0 Å². The minimum Gasteiger partial charge on any atom is -0.398 e. The van der Waals surface area contributed by atoms with Crippen molar-refractivity contribution in [1.29, 1.82) is 0 Å². The third kappa shape index (κ3) is 4.45. The lowest BCUT2D eigenvalue weighted by Gasteiger charge is -2.23. The van der Waals surface area contributed by atoms with E-state index in [1.165, 1.54) is 13.2 Å². The molecule has 0 saturated carbocycles. The van der Waals surface area contributed by atoms with E-state index in [1.54, 1.807) is 26.0 Å². The molecule has 0 fully saturated rings. The zero-order valence-corrected chi connectivity index (χ0v) is 12.8. The number of aliphatic hydroxyl groups is 1. The van der Waals surface area contributed by atoms with Gasteiger partial charge in [-0.1, -0.05) is 12.1 Å². The van der Waals surface area contributed by atoms with Gasteiger partial charge in [0.05, 0.1) is 11.3 Å². The lowest BCUT2D eigenvalue weighted by Crippen LogP contribution is -2.41. The molecule has 1 atom stereocenters. The van der Waals surface area contributed by atoms with Crippen LogP contribution in [-0.2, 0) is 14.8 Å². The number of rotatable bonds is 7. The first-order valence-corrected chi connectivity index (χ1v) is 7.74. The fraction of sp³-hybridized carbons (Fsp3) is 0.538. The molecule has 1 rings (SSSR count). The van der Waals surface area contributed by atoms with E-state index in [2.05, 4.69) is 4.72 Å². The van der Waals surface area contributed by atoms with E-state index >= 15 is 0 Å². The average molecular weight is 302 g/mol. The average Bonchev–Trinajstić information content (AvgIpc) is 2.34. The van der Waals surface area contributed by atoms with Crippen LogP contribution in [0, 0.1) is 6.92 Å². The third-order valence-electron chi connectivity index (χ3n) is 3.00. The molecule has 0 saturated heterocycles. The number of methoxy groups -OCH3 is 1. The molecule has 0 aliphatic rings. The molecule has 1 aromatic rings. The maximum Gasteiger partial charge on any atom is 0.242 e. The molecule has 6 nitrogen and oxygen atoms in total. The van der Waals surface area contributed by atoms with E-state index in [-0.39, 0.29) is 17.1 Å². The van der Waals surface area contributed by atoms with Gasteiger partial charge in [0.2, 0.25) is 10.0 Å². The summed E-state index contributed by atoms with van der Waals surface area (Å²) >= 11 is 0. The molecule has 4 N–H and O–H groups in total. The Bertz CT molecular complexity index is 535. The Hall–Kier alpha value is -1.15. The highest BCUT2D eigenvalue weighted by molar-refractivity contribution is 7.89. The molecule has 0 heterocycles. The highest BCUT2D eigenvalue weighted by atomic mass is 32.2. The SMILES string of the molecule is COCCC(C)(O)CNS(=O)(=O)c1c(C)cccc1N. The summed E-state index contributed by atoms with van der Waals surface area (Å²) in [5.74, 6) is 0. The van der Waals surface area contributed by atoms with E-state index in [1.807, 2.05) is 0 Å². The minimum absolute atomic E-state index is 0.0579. The van der Waals surface area contributed by atoms with Crippen LogP contribution in [0.4, 0.5) is 5.69 Å².